The summed E-state index contributed by atoms with van der Waals surface area (Å²) in [4.78, 5) is 4.16. The molecule has 100 valence electrons. The summed E-state index contributed by atoms with van der Waals surface area (Å²) in [5, 5.41) is 0. The summed E-state index contributed by atoms with van der Waals surface area (Å²) in [5.74, 6) is 0.763. The van der Waals surface area contributed by atoms with E-state index in [1.807, 2.05) is 6.20 Å². The number of aromatic nitrogens is 1. The Kier molecular flexibility index (Phi) is 4.44. The molecule has 1 aliphatic carbocycles. The molecule has 0 bridgehead atoms. The van der Waals surface area contributed by atoms with E-state index in [1.54, 1.807) is 6.20 Å². The Morgan fingerprint density at radius 3 is 2.83 bits per heavy atom. The standard InChI is InChI=1S/C15H22BrNO/c1-11-4-14(7-15(2,3)6-11)18-10-12-5-13(16)9-17-8-12/h5,8-9,11,14H,4,6-7,10H2,1-3H3. The van der Waals surface area contributed by atoms with Crippen molar-refractivity contribution in [2.75, 3.05) is 0 Å². The molecule has 0 spiro atoms. The third kappa shape index (κ3) is 4.06. The van der Waals surface area contributed by atoms with Gasteiger partial charge in [-0.25, -0.2) is 0 Å². The maximum absolute atomic E-state index is 6.07. The fourth-order valence-electron chi connectivity index (χ4n) is 3.13. The molecule has 0 radical (unpaired) electrons. The van der Waals surface area contributed by atoms with Crippen LogP contribution in [-0.4, -0.2) is 11.1 Å². The lowest BCUT2D eigenvalue weighted by atomic mass is 9.71. The van der Waals surface area contributed by atoms with Gasteiger partial charge in [0.05, 0.1) is 12.7 Å². The zero-order valence-electron chi connectivity index (χ0n) is 11.4. The summed E-state index contributed by atoms with van der Waals surface area (Å²) < 4.78 is 7.08. The first kappa shape index (κ1) is 14.0. The van der Waals surface area contributed by atoms with Crippen molar-refractivity contribution in [2.45, 2.75) is 52.7 Å². The van der Waals surface area contributed by atoms with Crippen LogP contribution in [0.5, 0.6) is 0 Å². The Hall–Kier alpha value is -0.410. The average molecular weight is 312 g/mol. The van der Waals surface area contributed by atoms with Gasteiger partial charge in [0.25, 0.3) is 0 Å². The lowest BCUT2D eigenvalue weighted by molar-refractivity contribution is -0.0317. The Morgan fingerprint density at radius 2 is 2.17 bits per heavy atom. The molecule has 2 atom stereocenters. The summed E-state index contributed by atoms with van der Waals surface area (Å²) in [6, 6.07) is 2.07. The minimum absolute atomic E-state index is 0.391. The quantitative estimate of drug-likeness (QED) is 0.815. The van der Waals surface area contributed by atoms with E-state index >= 15 is 0 Å². The first-order chi connectivity index (χ1) is 8.44. The number of nitrogens with zero attached hydrogens (tertiary/aromatic N) is 1. The van der Waals surface area contributed by atoms with Gasteiger partial charge >= 0.3 is 0 Å². The first-order valence-corrected chi connectivity index (χ1v) is 7.45. The van der Waals surface area contributed by atoms with Crippen LogP contribution in [0.2, 0.25) is 0 Å². The predicted octanol–water partition coefficient (Wildman–Crippen LogP) is 4.58. The van der Waals surface area contributed by atoms with Gasteiger partial charge in [-0.3, -0.25) is 4.98 Å². The monoisotopic (exact) mass is 311 g/mol. The minimum atomic E-state index is 0.391. The van der Waals surface area contributed by atoms with Gasteiger partial charge in [-0.1, -0.05) is 20.8 Å². The summed E-state index contributed by atoms with van der Waals surface area (Å²) in [6.45, 7) is 7.69. The smallest absolute Gasteiger partial charge is 0.0735 e. The Balaban J connectivity index is 1.90. The number of halogens is 1. The highest BCUT2D eigenvalue weighted by Gasteiger charge is 2.32. The molecule has 3 heteroatoms. The zero-order chi connectivity index (χ0) is 13.2. The molecule has 2 unspecified atom stereocenters. The van der Waals surface area contributed by atoms with Crippen molar-refractivity contribution in [2.24, 2.45) is 11.3 Å². The van der Waals surface area contributed by atoms with Gasteiger partial charge < -0.3 is 4.74 Å². The van der Waals surface area contributed by atoms with Crippen molar-refractivity contribution in [3.63, 3.8) is 0 Å². The van der Waals surface area contributed by atoms with Gasteiger partial charge in [0.1, 0.15) is 0 Å². The van der Waals surface area contributed by atoms with E-state index in [1.165, 1.54) is 19.3 Å². The van der Waals surface area contributed by atoms with E-state index in [0.29, 0.717) is 18.1 Å². The third-order valence-corrected chi connectivity index (χ3v) is 4.03. The molecular formula is C15H22BrNO. The van der Waals surface area contributed by atoms with Crippen LogP contribution in [0.15, 0.2) is 22.9 Å². The lowest BCUT2D eigenvalue weighted by Gasteiger charge is -2.38. The van der Waals surface area contributed by atoms with Crippen molar-refractivity contribution < 1.29 is 4.74 Å². The molecule has 1 fully saturated rings. The molecule has 0 aliphatic heterocycles. The van der Waals surface area contributed by atoms with Gasteiger partial charge in [-0.2, -0.15) is 0 Å². The second-order valence-electron chi connectivity index (χ2n) is 6.36. The maximum atomic E-state index is 6.07. The first-order valence-electron chi connectivity index (χ1n) is 6.66. The summed E-state index contributed by atoms with van der Waals surface area (Å²) in [5.41, 5.74) is 1.55. The third-order valence-electron chi connectivity index (χ3n) is 3.59. The molecule has 0 amide bonds. The number of ether oxygens (including phenoxy) is 1. The van der Waals surface area contributed by atoms with Gasteiger partial charge in [-0.05, 0) is 58.2 Å². The SMILES string of the molecule is CC1CC(OCc2cncc(Br)c2)CC(C)(C)C1. The van der Waals surface area contributed by atoms with Crippen molar-refractivity contribution in [1.82, 2.24) is 4.98 Å². The van der Waals surface area contributed by atoms with Gasteiger partial charge in [0.15, 0.2) is 0 Å². The molecule has 2 rings (SSSR count). The largest absolute Gasteiger partial charge is 0.373 e. The maximum Gasteiger partial charge on any atom is 0.0735 e. The van der Waals surface area contributed by atoms with Crippen molar-refractivity contribution in [3.8, 4) is 0 Å². The topological polar surface area (TPSA) is 22.1 Å². The van der Waals surface area contributed by atoms with E-state index < -0.39 is 0 Å². The molecule has 1 aromatic rings. The molecule has 2 nitrogen and oxygen atoms in total. The van der Waals surface area contributed by atoms with Gasteiger partial charge in [0.2, 0.25) is 0 Å². The predicted molar refractivity (Wildman–Crippen MR) is 77.3 cm³/mol. The van der Waals surface area contributed by atoms with E-state index in [2.05, 4.69) is 47.8 Å². The number of hydrogen-bond donors (Lipinski definition) is 0. The molecule has 18 heavy (non-hydrogen) atoms. The van der Waals surface area contributed by atoms with Crippen LogP contribution in [0, 0.1) is 11.3 Å². The Morgan fingerprint density at radius 1 is 1.39 bits per heavy atom. The Bertz CT molecular complexity index is 405. The van der Waals surface area contributed by atoms with Crippen LogP contribution >= 0.6 is 15.9 Å². The lowest BCUT2D eigenvalue weighted by Crippen LogP contribution is -2.32. The van der Waals surface area contributed by atoms with Crippen molar-refractivity contribution >= 4 is 15.9 Å². The van der Waals surface area contributed by atoms with Gasteiger partial charge in [0, 0.05) is 16.9 Å². The molecular weight excluding hydrogens is 290 g/mol. The minimum Gasteiger partial charge on any atom is -0.373 e. The van der Waals surface area contributed by atoms with Crippen LogP contribution in [0.3, 0.4) is 0 Å². The van der Waals surface area contributed by atoms with Gasteiger partial charge in [-0.15, -0.1) is 0 Å². The van der Waals surface area contributed by atoms with Crippen LogP contribution in [0.1, 0.15) is 45.6 Å². The number of hydrogen-bond acceptors (Lipinski definition) is 2. The average Bonchev–Trinajstić information content (AvgIpc) is 2.24. The van der Waals surface area contributed by atoms with Crippen LogP contribution in [-0.2, 0) is 11.3 Å². The highest BCUT2D eigenvalue weighted by molar-refractivity contribution is 9.10. The normalized spacial score (nSPS) is 27.1. The summed E-state index contributed by atoms with van der Waals surface area (Å²) in [7, 11) is 0. The molecule has 0 aromatic carbocycles. The number of pyridine rings is 1. The van der Waals surface area contributed by atoms with E-state index in [-0.39, 0.29) is 0 Å². The van der Waals surface area contributed by atoms with Crippen molar-refractivity contribution in [1.29, 1.82) is 0 Å². The van der Waals surface area contributed by atoms with Crippen LogP contribution in [0.25, 0.3) is 0 Å². The summed E-state index contributed by atoms with van der Waals surface area (Å²) in [6.07, 6.45) is 7.73. The van der Waals surface area contributed by atoms with Crippen molar-refractivity contribution in [3.05, 3.63) is 28.5 Å². The van der Waals surface area contributed by atoms with E-state index in [0.717, 1.165) is 16.0 Å². The second-order valence-corrected chi connectivity index (χ2v) is 7.27. The van der Waals surface area contributed by atoms with E-state index in [4.69, 9.17) is 4.74 Å². The molecule has 1 heterocycles. The molecule has 1 saturated carbocycles. The number of rotatable bonds is 3. The second kappa shape index (κ2) is 5.70. The molecule has 1 aromatic heterocycles. The molecule has 0 saturated heterocycles. The zero-order valence-corrected chi connectivity index (χ0v) is 13.0. The Labute approximate surface area is 118 Å². The molecule has 0 N–H and O–H groups in total. The highest BCUT2D eigenvalue weighted by Crippen LogP contribution is 2.39. The molecule has 1 aliphatic rings. The van der Waals surface area contributed by atoms with E-state index in [9.17, 15) is 0 Å². The van der Waals surface area contributed by atoms with Crippen LogP contribution in [0.4, 0.5) is 0 Å². The van der Waals surface area contributed by atoms with Crippen LogP contribution < -0.4 is 0 Å². The fraction of sp³-hybridized carbons (Fsp3) is 0.667. The fourth-order valence-corrected chi connectivity index (χ4v) is 3.55. The highest BCUT2D eigenvalue weighted by atomic mass is 79.9. The summed E-state index contributed by atoms with van der Waals surface area (Å²) >= 11 is 3.44.